The van der Waals surface area contributed by atoms with Gasteiger partial charge in [-0.3, -0.25) is 4.79 Å². The number of hydrogen-bond donors (Lipinski definition) is 5. The number of hydrogen-bond acceptors (Lipinski definition) is 8. The van der Waals surface area contributed by atoms with Gasteiger partial charge >= 0.3 is 6.18 Å². The molecule has 0 saturated carbocycles. The number of carbonyl (C=O) groups excluding carboxylic acids is 1. The van der Waals surface area contributed by atoms with Crippen molar-refractivity contribution >= 4 is 34.7 Å². The van der Waals surface area contributed by atoms with Crippen LogP contribution in [0.4, 0.5) is 24.7 Å². The fourth-order valence-electron chi connectivity index (χ4n) is 3.60. The van der Waals surface area contributed by atoms with Gasteiger partial charge in [0.2, 0.25) is 0 Å². The topological polar surface area (TPSA) is 142 Å². The first-order valence-corrected chi connectivity index (χ1v) is 12.3. The quantitative estimate of drug-likeness (QED) is 0.124. The van der Waals surface area contributed by atoms with Crippen molar-refractivity contribution in [3.05, 3.63) is 93.4 Å². The largest absolute Gasteiger partial charge is 0.497 e. The van der Waals surface area contributed by atoms with Crippen LogP contribution in [-0.4, -0.2) is 35.3 Å². The van der Waals surface area contributed by atoms with E-state index in [-0.39, 0.29) is 39.9 Å². The Morgan fingerprint density at radius 3 is 2.30 bits per heavy atom. The van der Waals surface area contributed by atoms with Crippen LogP contribution in [-0.2, 0) is 12.7 Å². The van der Waals surface area contributed by atoms with E-state index in [4.69, 9.17) is 33.3 Å². The third kappa shape index (κ3) is 7.42. The van der Waals surface area contributed by atoms with Crippen molar-refractivity contribution in [1.29, 1.82) is 5.41 Å². The fraction of sp³-hybridized carbons (Fsp3) is 0.222. The van der Waals surface area contributed by atoms with E-state index in [1.54, 1.807) is 14.0 Å². The lowest BCUT2D eigenvalue weighted by molar-refractivity contribution is -0.137. The predicted octanol–water partition coefficient (Wildman–Crippen LogP) is 5.38. The Morgan fingerprint density at radius 2 is 1.75 bits per heavy atom. The van der Waals surface area contributed by atoms with Crippen LogP contribution in [0.2, 0.25) is 5.02 Å². The SMILES string of the molecule is COc1ccc(CN(N)/C(C)=C(\N)CNc2ncc(C(=O)Nc3ccc(C(F)(F)F)cc3)c(Cl)c2C(C)=N)cc1. The second kappa shape index (κ2) is 12.7. The summed E-state index contributed by atoms with van der Waals surface area (Å²) in [7, 11) is 1.59. The maximum atomic E-state index is 12.8. The fourth-order valence-corrected chi connectivity index (χ4v) is 3.97. The summed E-state index contributed by atoms with van der Waals surface area (Å²) in [6.07, 6.45) is -3.28. The lowest BCUT2D eigenvalue weighted by Crippen LogP contribution is -2.32. The smallest absolute Gasteiger partial charge is 0.416 e. The first-order valence-electron chi connectivity index (χ1n) is 11.9. The van der Waals surface area contributed by atoms with Crippen LogP contribution in [0, 0.1) is 5.41 Å². The van der Waals surface area contributed by atoms with Crippen LogP contribution in [0.15, 0.2) is 66.1 Å². The van der Waals surface area contributed by atoms with Gasteiger partial charge in [0.05, 0.1) is 41.9 Å². The average molecular weight is 576 g/mol. The molecule has 40 heavy (non-hydrogen) atoms. The number of amides is 1. The Morgan fingerprint density at radius 1 is 1.12 bits per heavy atom. The molecule has 0 spiro atoms. The number of carbonyl (C=O) groups is 1. The highest BCUT2D eigenvalue weighted by atomic mass is 35.5. The minimum absolute atomic E-state index is 0.0309. The van der Waals surface area contributed by atoms with Gasteiger partial charge in [-0.25, -0.2) is 10.8 Å². The number of pyridine rings is 1. The summed E-state index contributed by atoms with van der Waals surface area (Å²) in [6.45, 7) is 3.75. The highest BCUT2D eigenvalue weighted by molar-refractivity contribution is 6.38. The summed E-state index contributed by atoms with van der Waals surface area (Å²) in [4.78, 5) is 17.1. The highest BCUT2D eigenvalue weighted by Gasteiger charge is 2.30. The molecule has 13 heteroatoms. The summed E-state index contributed by atoms with van der Waals surface area (Å²) < 4.78 is 43.6. The van der Waals surface area contributed by atoms with Gasteiger partial charge in [-0.05, 0) is 55.8 Å². The Hall–Kier alpha value is -4.29. The molecule has 0 saturated heterocycles. The second-order valence-electron chi connectivity index (χ2n) is 8.80. The summed E-state index contributed by atoms with van der Waals surface area (Å²) in [6, 6.07) is 11.4. The lowest BCUT2D eigenvalue weighted by Gasteiger charge is -2.22. The number of anilines is 2. The molecule has 0 fully saturated rings. The number of nitrogens with two attached hydrogens (primary N) is 2. The summed E-state index contributed by atoms with van der Waals surface area (Å²) in [5.74, 6) is 6.46. The number of hydrazine groups is 1. The molecular formula is C27H29ClF3N7O2. The molecule has 0 atom stereocenters. The van der Waals surface area contributed by atoms with Crippen molar-refractivity contribution in [1.82, 2.24) is 9.99 Å². The first-order chi connectivity index (χ1) is 18.8. The summed E-state index contributed by atoms with van der Waals surface area (Å²) in [5.41, 5.74) is 7.67. The normalized spacial score (nSPS) is 11.9. The number of ether oxygens (including phenoxy) is 1. The molecular weight excluding hydrogens is 547 g/mol. The summed E-state index contributed by atoms with van der Waals surface area (Å²) in [5, 5.41) is 15.1. The third-order valence-corrected chi connectivity index (χ3v) is 6.35. The third-order valence-electron chi connectivity index (χ3n) is 5.96. The van der Waals surface area contributed by atoms with Crippen LogP contribution in [0.25, 0.3) is 0 Å². The van der Waals surface area contributed by atoms with Crippen molar-refractivity contribution in [3.8, 4) is 5.75 Å². The zero-order valence-corrected chi connectivity index (χ0v) is 22.7. The van der Waals surface area contributed by atoms with E-state index in [0.29, 0.717) is 17.9 Å². The molecule has 2 aromatic carbocycles. The van der Waals surface area contributed by atoms with E-state index in [9.17, 15) is 18.0 Å². The van der Waals surface area contributed by atoms with Crippen LogP contribution < -0.4 is 26.9 Å². The van der Waals surface area contributed by atoms with Crippen molar-refractivity contribution in [2.24, 2.45) is 11.6 Å². The maximum Gasteiger partial charge on any atom is 0.416 e. The number of halogens is 4. The van der Waals surface area contributed by atoms with Gasteiger partial charge in [0.1, 0.15) is 11.6 Å². The van der Waals surface area contributed by atoms with Gasteiger partial charge in [0, 0.05) is 29.0 Å². The summed E-state index contributed by atoms with van der Waals surface area (Å²) >= 11 is 6.48. The molecule has 0 bridgehead atoms. The van der Waals surface area contributed by atoms with E-state index in [1.165, 1.54) is 18.1 Å². The van der Waals surface area contributed by atoms with Crippen LogP contribution in [0.5, 0.6) is 5.75 Å². The van der Waals surface area contributed by atoms with Crippen molar-refractivity contribution in [3.63, 3.8) is 0 Å². The van der Waals surface area contributed by atoms with E-state index >= 15 is 0 Å². The van der Waals surface area contributed by atoms with Gasteiger partial charge in [-0.2, -0.15) is 13.2 Å². The van der Waals surface area contributed by atoms with Gasteiger partial charge in [-0.15, -0.1) is 0 Å². The number of methoxy groups -OCH3 is 1. The van der Waals surface area contributed by atoms with E-state index in [2.05, 4.69) is 15.6 Å². The van der Waals surface area contributed by atoms with Crippen molar-refractivity contribution < 1.29 is 22.7 Å². The van der Waals surface area contributed by atoms with E-state index in [0.717, 1.165) is 35.6 Å². The van der Waals surface area contributed by atoms with Crippen molar-refractivity contribution in [2.75, 3.05) is 24.3 Å². The van der Waals surface area contributed by atoms with Crippen LogP contribution in [0.1, 0.15) is 40.9 Å². The predicted molar refractivity (Wildman–Crippen MR) is 149 cm³/mol. The molecule has 7 N–H and O–H groups in total. The van der Waals surface area contributed by atoms with Gasteiger partial charge in [-0.1, -0.05) is 23.7 Å². The molecule has 3 aromatic rings. The Labute approximate surface area is 234 Å². The minimum Gasteiger partial charge on any atom is -0.497 e. The van der Waals surface area contributed by atoms with Gasteiger partial charge in [0.25, 0.3) is 5.91 Å². The second-order valence-corrected chi connectivity index (χ2v) is 9.18. The molecule has 1 heterocycles. The number of benzene rings is 2. The highest BCUT2D eigenvalue weighted by Crippen LogP contribution is 2.31. The molecule has 212 valence electrons. The zero-order valence-electron chi connectivity index (χ0n) is 22.0. The number of allylic oxidation sites excluding steroid dienone is 1. The molecule has 1 amide bonds. The molecule has 0 aliphatic carbocycles. The number of nitrogens with one attached hydrogen (secondary N) is 3. The number of aromatic nitrogens is 1. The van der Waals surface area contributed by atoms with Gasteiger partial charge < -0.3 is 31.5 Å². The Balaban J connectivity index is 1.73. The molecule has 3 rings (SSSR count). The van der Waals surface area contributed by atoms with E-state index < -0.39 is 17.6 Å². The molecule has 1 aromatic heterocycles. The molecule has 9 nitrogen and oxygen atoms in total. The van der Waals surface area contributed by atoms with E-state index in [1.807, 2.05) is 24.3 Å². The van der Waals surface area contributed by atoms with Crippen molar-refractivity contribution in [2.45, 2.75) is 26.6 Å². The average Bonchev–Trinajstić information content (AvgIpc) is 2.91. The number of rotatable bonds is 10. The Bertz CT molecular complexity index is 1410. The van der Waals surface area contributed by atoms with Crippen LogP contribution >= 0.6 is 11.6 Å². The molecule has 0 unspecified atom stereocenters. The maximum absolute atomic E-state index is 12.8. The minimum atomic E-state index is -4.49. The zero-order chi connectivity index (χ0) is 29.6. The lowest BCUT2D eigenvalue weighted by atomic mass is 10.1. The molecule has 0 aliphatic heterocycles. The van der Waals surface area contributed by atoms with Gasteiger partial charge in [0.15, 0.2) is 0 Å². The first kappa shape index (κ1) is 30.3. The number of alkyl halides is 3. The standard InChI is InChI=1S/C27H29ClF3N7O2/c1-15(32)23-24(28)21(26(39)37-19-8-6-18(7-9-19)27(29,30)31)12-35-25(23)36-13-22(33)16(2)38(34)14-17-4-10-20(40-3)11-5-17/h4-12,32H,13-14,33-34H2,1-3H3,(H,35,36)(H,37,39)/b22-16-,32-15?. The molecule has 0 aliphatic rings. The van der Waals surface area contributed by atoms with Crippen LogP contribution in [0.3, 0.4) is 0 Å². The Kier molecular flexibility index (Phi) is 9.61. The molecule has 0 radical (unpaired) electrons. The monoisotopic (exact) mass is 575 g/mol. The number of nitrogens with zero attached hydrogens (tertiary/aromatic N) is 2.